The topological polar surface area (TPSA) is 158 Å². The molecular formula is C49H53FN4O8S. The summed E-state index contributed by atoms with van der Waals surface area (Å²) in [4.78, 5) is 55.3. The third kappa shape index (κ3) is 8.83. The van der Waals surface area contributed by atoms with Crippen molar-refractivity contribution in [2.24, 2.45) is 23.2 Å². The van der Waals surface area contributed by atoms with Crippen molar-refractivity contribution in [2.45, 2.75) is 108 Å². The molecule has 63 heavy (non-hydrogen) atoms. The van der Waals surface area contributed by atoms with Crippen LogP contribution in [0, 0.1) is 29.0 Å². The van der Waals surface area contributed by atoms with Crippen molar-refractivity contribution in [3.05, 3.63) is 96.8 Å². The van der Waals surface area contributed by atoms with Gasteiger partial charge in [0.25, 0.3) is 5.88 Å². The highest BCUT2D eigenvalue weighted by Gasteiger charge is 2.61. The molecule has 3 aromatic carbocycles. The lowest BCUT2D eigenvalue weighted by atomic mass is 9.76. The van der Waals surface area contributed by atoms with E-state index in [2.05, 4.69) is 11.3 Å². The third-order valence-corrected chi connectivity index (χ3v) is 15.2. The molecule has 330 valence electrons. The molecule has 14 heteroatoms. The second kappa shape index (κ2) is 17.2. The molecule has 3 aliphatic carbocycles. The van der Waals surface area contributed by atoms with Crippen molar-refractivity contribution in [1.29, 1.82) is 0 Å². The number of sulfonamides is 1. The molecule has 4 aliphatic rings. The quantitative estimate of drug-likeness (QED) is 0.0953. The minimum atomic E-state index is -3.88. The number of allylic oxidation sites excluding steroid dienone is 1. The molecule has 3 heterocycles. The third-order valence-electron chi connectivity index (χ3n) is 13.3. The Labute approximate surface area is 366 Å². The Kier molecular flexibility index (Phi) is 11.6. The van der Waals surface area contributed by atoms with Crippen molar-refractivity contribution in [3.63, 3.8) is 0 Å². The molecule has 12 nitrogen and oxygen atoms in total. The average molecular weight is 877 g/mol. The largest absolute Gasteiger partial charge is 0.491 e. The predicted octanol–water partition coefficient (Wildman–Crippen LogP) is 8.52. The summed E-state index contributed by atoms with van der Waals surface area (Å²) < 4.78 is 61.2. The summed E-state index contributed by atoms with van der Waals surface area (Å²) in [5, 5.41) is 0.147. The van der Waals surface area contributed by atoms with Crippen molar-refractivity contribution in [3.8, 4) is 23.0 Å². The van der Waals surface area contributed by atoms with Crippen LogP contribution >= 0.6 is 0 Å². The number of carbonyl (C=O) groups excluding carboxylic acids is 3. The lowest BCUT2D eigenvalue weighted by Crippen LogP contribution is -2.48. The van der Waals surface area contributed by atoms with Crippen LogP contribution in [0.25, 0.3) is 33.5 Å². The molecule has 2 amide bonds. The normalized spacial score (nSPS) is 23.2. The lowest BCUT2D eigenvalue weighted by Gasteiger charge is -2.34. The average Bonchev–Trinajstić information content (AvgIpc) is 4.18. The Hall–Kier alpha value is -5.63. The Morgan fingerprint density at radius 3 is 2.40 bits per heavy atom. The molecule has 3 saturated carbocycles. The molecule has 5 aromatic rings. The molecule has 0 spiro atoms. The van der Waals surface area contributed by atoms with Gasteiger partial charge in [-0.05, 0) is 118 Å². The molecule has 1 N–H and O–H groups in total. The molecule has 0 bridgehead atoms. The fourth-order valence-corrected chi connectivity index (χ4v) is 11.1. The molecule has 0 radical (unpaired) electrons. The van der Waals surface area contributed by atoms with E-state index in [0.29, 0.717) is 53.1 Å². The van der Waals surface area contributed by atoms with Crippen LogP contribution < -0.4 is 14.2 Å². The van der Waals surface area contributed by atoms with Gasteiger partial charge in [0.2, 0.25) is 27.4 Å². The second-order valence-corrected chi connectivity index (χ2v) is 20.1. The van der Waals surface area contributed by atoms with E-state index in [1.54, 1.807) is 23.1 Å². The van der Waals surface area contributed by atoms with Gasteiger partial charge >= 0.3 is 0 Å². The van der Waals surface area contributed by atoms with Crippen molar-refractivity contribution in [1.82, 2.24) is 19.6 Å². The maximum atomic E-state index is 15.2. The van der Waals surface area contributed by atoms with E-state index >= 15 is 4.79 Å². The summed E-state index contributed by atoms with van der Waals surface area (Å²) >= 11 is 0. The molecule has 1 saturated heterocycles. The monoisotopic (exact) mass is 876 g/mol. The van der Waals surface area contributed by atoms with Crippen LogP contribution in [-0.4, -0.2) is 70.9 Å². The van der Waals surface area contributed by atoms with Crippen LogP contribution in [0.1, 0.15) is 83.6 Å². The number of Topliss-reactive ketones (excluding diaryl/α,β-unsaturated/α-hetero) is 1. The van der Waals surface area contributed by atoms with Crippen LogP contribution in [0.15, 0.2) is 89.9 Å². The van der Waals surface area contributed by atoms with Crippen molar-refractivity contribution < 1.29 is 41.1 Å². The van der Waals surface area contributed by atoms with Crippen LogP contribution in [0.2, 0.25) is 0 Å². The van der Waals surface area contributed by atoms with E-state index in [1.807, 2.05) is 62.4 Å². The van der Waals surface area contributed by atoms with Crippen LogP contribution in [-0.2, 0) is 30.8 Å². The number of fused-ring (bicyclic) bond motifs is 3. The van der Waals surface area contributed by atoms with Gasteiger partial charge in [-0.25, -0.2) is 17.8 Å². The first-order valence-corrected chi connectivity index (χ1v) is 23.8. The summed E-state index contributed by atoms with van der Waals surface area (Å²) in [6, 6.07) is 20.2. The number of para-hydroxylation sites is 1. The number of hydrogen-bond acceptors (Lipinski definition) is 10. The van der Waals surface area contributed by atoms with Gasteiger partial charge in [-0.3, -0.25) is 19.1 Å². The highest BCUT2D eigenvalue weighted by atomic mass is 32.2. The molecule has 4 fully saturated rings. The Balaban J connectivity index is 1.07. The van der Waals surface area contributed by atoms with E-state index in [1.165, 1.54) is 12.1 Å². The van der Waals surface area contributed by atoms with Gasteiger partial charge in [-0.15, -0.1) is 6.58 Å². The van der Waals surface area contributed by atoms with Gasteiger partial charge in [0.1, 0.15) is 28.8 Å². The van der Waals surface area contributed by atoms with E-state index in [0.717, 1.165) is 43.1 Å². The van der Waals surface area contributed by atoms with Gasteiger partial charge in [0.05, 0.1) is 29.4 Å². The fourth-order valence-electron chi connectivity index (χ4n) is 9.71. The lowest BCUT2D eigenvalue weighted by molar-refractivity contribution is -0.143. The standard InChI is InChI=1S/C49H53FN4O8S/c1-4-33-26-49(33,48(57)53-63(58,59)37-22-23-37)27-41(55)40-25-36(28-54(40)47(56)39(31-10-6-5-7-11-31)24-30-14-18-34(50)19-15-30)61-46-44-43(38-12-8-9-13-42(38)62-44)51-45(52-46)32-16-20-35(21-17-32)60-29(2)3/h4,8-9,12-21,29,31,33,36-37,39-40H,1,5-7,10-11,22-28H2,2-3H3,(H,53,57)/t33-,36-,39+,40+,49-/m1/s1. The summed E-state index contributed by atoms with van der Waals surface area (Å²) in [6.45, 7) is 7.84. The summed E-state index contributed by atoms with van der Waals surface area (Å²) in [5.41, 5.74) is 1.68. The van der Waals surface area contributed by atoms with Crippen LogP contribution in [0.3, 0.4) is 0 Å². The fraction of sp³-hybridized carbons (Fsp3) is 0.449. The van der Waals surface area contributed by atoms with Gasteiger partial charge in [0.15, 0.2) is 11.6 Å². The molecule has 0 unspecified atom stereocenters. The zero-order chi connectivity index (χ0) is 44.0. The van der Waals surface area contributed by atoms with Gasteiger partial charge < -0.3 is 18.8 Å². The minimum absolute atomic E-state index is 0.00554. The number of amides is 2. The minimum Gasteiger partial charge on any atom is -0.491 e. The molecule has 5 atom stereocenters. The number of rotatable bonds is 16. The van der Waals surface area contributed by atoms with Crippen molar-refractivity contribution >= 4 is 49.7 Å². The SMILES string of the molecule is C=C[C@@H]1C[C@]1(CC(=O)[C@@H]1C[C@@H](Oc2nc(-c3ccc(OC(C)C)cc3)nc3c2oc2ccccc23)CN1C(=O)[C@@H](Cc1ccc(F)cc1)C1CCCCC1)C(=O)NS(=O)(=O)C1CC1. The summed E-state index contributed by atoms with van der Waals surface area (Å²) in [6.07, 6.45) is 7.01. The maximum absolute atomic E-state index is 15.2. The summed E-state index contributed by atoms with van der Waals surface area (Å²) in [7, 11) is -3.88. The van der Waals surface area contributed by atoms with Gasteiger partial charge in [0, 0.05) is 29.7 Å². The number of ketones is 1. The van der Waals surface area contributed by atoms with Gasteiger partial charge in [-0.2, -0.15) is 4.98 Å². The Morgan fingerprint density at radius 2 is 1.71 bits per heavy atom. The van der Waals surface area contributed by atoms with Crippen LogP contribution in [0.4, 0.5) is 4.39 Å². The van der Waals surface area contributed by atoms with E-state index < -0.39 is 50.6 Å². The number of aromatic nitrogens is 2. The van der Waals surface area contributed by atoms with Gasteiger partial charge in [-0.1, -0.05) is 49.6 Å². The zero-order valence-corrected chi connectivity index (χ0v) is 36.4. The first-order valence-electron chi connectivity index (χ1n) is 22.2. The maximum Gasteiger partial charge on any atom is 0.262 e. The Bertz CT molecular complexity index is 2660. The number of nitrogens with one attached hydrogen (secondary N) is 1. The second-order valence-electron chi connectivity index (χ2n) is 18.2. The van der Waals surface area contributed by atoms with E-state index in [9.17, 15) is 22.4 Å². The highest BCUT2D eigenvalue weighted by Crippen LogP contribution is 2.57. The number of halogens is 1. The number of furan rings is 1. The summed E-state index contributed by atoms with van der Waals surface area (Å²) in [5.74, 6) is -1.26. The first kappa shape index (κ1) is 42.7. The molecular weight excluding hydrogens is 824 g/mol. The number of hydrogen-bond donors (Lipinski definition) is 1. The first-order chi connectivity index (χ1) is 30.3. The smallest absolute Gasteiger partial charge is 0.262 e. The van der Waals surface area contributed by atoms with E-state index in [-0.39, 0.29) is 61.2 Å². The number of likely N-dealkylation sites (tertiary alicyclic amines) is 1. The number of carbonyl (C=O) groups is 3. The Morgan fingerprint density at radius 1 is 0.984 bits per heavy atom. The van der Waals surface area contributed by atoms with Crippen LogP contribution in [0.5, 0.6) is 11.6 Å². The molecule has 2 aromatic heterocycles. The number of benzene rings is 3. The van der Waals surface area contributed by atoms with Crippen molar-refractivity contribution in [2.75, 3.05) is 6.54 Å². The molecule has 9 rings (SSSR count). The highest BCUT2D eigenvalue weighted by molar-refractivity contribution is 7.90. The predicted molar refractivity (Wildman–Crippen MR) is 236 cm³/mol. The number of nitrogens with zero attached hydrogens (tertiary/aromatic N) is 3. The number of ether oxygens (including phenoxy) is 2. The molecule has 1 aliphatic heterocycles. The zero-order valence-electron chi connectivity index (χ0n) is 35.6. The van der Waals surface area contributed by atoms with E-state index in [4.69, 9.17) is 23.9 Å².